The van der Waals surface area contributed by atoms with Crippen molar-refractivity contribution in [3.8, 4) is 0 Å². The van der Waals surface area contributed by atoms with E-state index in [0.29, 0.717) is 5.92 Å². The molecule has 4 rings (SSSR count). The molecule has 0 saturated heterocycles. The molecule has 148 valence electrons. The van der Waals surface area contributed by atoms with Gasteiger partial charge >= 0.3 is 0 Å². The molecule has 1 saturated carbocycles. The number of hydrogen-bond acceptors (Lipinski definition) is 1. The number of nitrogens with zero attached hydrogens (tertiary/aromatic N) is 1. The molecule has 3 heteroatoms. The largest absolute Gasteiger partial charge is 0.352 e. The number of fused-ring (bicyclic) bond motifs is 3. The number of aryl methyl sites for hydroxylation is 1. The maximum absolute atomic E-state index is 12.8. The predicted molar refractivity (Wildman–Crippen MR) is 118 cm³/mol. The van der Waals surface area contributed by atoms with Gasteiger partial charge in [0.05, 0.1) is 0 Å². The first-order valence-corrected chi connectivity index (χ1v) is 11.1. The summed E-state index contributed by atoms with van der Waals surface area (Å²) in [7, 11) is 0. The monoisotopic (exact) mass is 376 g/mol. The van der Waals surface area contributed by atoms with Gasteiger partial charge < -0.3 is 9.88 Å². The normalized spacial score (nSPS) is 15.3. The van der Waals surface area contributed by atoms with Gasteiger partial charge in [-0.15, -0.1) is 0 Å². The van der Waals surface area contributed by atoms with E-state index in [9.17, 15) is 4.79 Å². The molecule has 1 aliphatic rings. The highest BCUT2D eigenvalue weighted by molar-refractivity contribution is 6.10. The fourth-order valence-corrected chi connectivity index (χ4v) is 4.69. The first kappa shape index (κ1) is 19.0. The van der Waals surface area contributed by atoms with Gasteiger partial charge in [-0.05, 0) is 49.4 Å². The van der Waals surface area contributed by atoms with Gasteiger partial charge in [0.2, 0.25) is 0 Å². The average molecular weight is 377 g/mol. The van der Waals surface area contributed by atoms with E-state index >= 15 is 0 Å². The van der Waals surface area contributed by atoms with Crippen LogP contribution in [0.25, 0.3) is 21.8 Å². The molecule has 1 amide bonds. The molecule has 0 unspecified atom stereocenters. The molecule has 2 aromatic carbocycles. The third-order valence-corrected chi connectivity index (χ3v) is 6.30. The first-order chi connectivity index (χ1) is 13.8. The van der Waals surface area contributed by atoms with Gasteiger partial charge in [-0.2, -0.15) is 0 Å². The van der Waals surface area contributed by atoms with Crippen LogP contribution >= 0.6 is 0 Å². The summed E-state index contributed by atoms with van der Waals surface area (Å²) >= 11 is 0. The molecule has 0 atom stereocenters. The molecule has 0 radical (unpaired) electrons. The van der Waals surface area contributed by atoms with Crippen LogP contribution in [-0.4, -0.2) is 17.0 Å². The Balaban J connectivity index is 1.59. The summed E-state index contributed by atoms with van der Waals surface area (Å²) in [6, 6.07) is 14.8. The first-order valence-electron chi connectivity index (χ1n) is 11.1. The molecule has 0 spiro atoms. The van der Waals surface area contributed by atoms with E-state index in [-0.39, 0.29) is 5.91 Å². The molecule has 1 aliphatic carbocycles. The van der Waals surface area contributed by atoms with Crippen LogP contribution in [0.4, 0.5) is 0 Å². The molecule has 0 bridgehead atoms. The van der Waals surface area contributed by atoms with Crippen LogP contribution in [0.2, 0.25) is 0 Å². The zero-order valence-corrected chi connectivity index (χ0v) is 17.0. The second kappa shape index (κ2) is 8.81. The minimum absolute atomic E-state index is 0.0651. The van der Waals surface area contributed by atoms with Gasteiger partial charge in [0.1, 0.15) is 0 Å². The molecule has 0 aliphatic heterocycles. The Kier molecular flexibility index (Phi) is 5.99. The molecule has 28 heavy (non-hydrogen) atoms. The summed E-state index contributed by atoms with van der Waals surface area (Å²) in [6.07, 6.45) is 10.1. The number of hydrogen-bond donors (Lipinski definition) is 1. The molecule has 1 fully saturated rings. The smallest absolute Gasteiger partial charge is 0.251 e. The Labute approximate surface area is 168 Å². The SMILES string of the molecule is CCCCCn1c2ccccc2c2cc(C(=O)NCC3CCCCC3)ccc21. The number of amides is 1. The van der Waals surface area contributed by atoms with Crippen LogP contribution in [0.3, 0.4) is 0 Å². The molecule has 1 heterocycles. The summed E-state index contributed by atoms with van der Waals surface area (Å²) in [5, 5.41) is 5.62. The zero-order valence-electron chi connectivity index (χ0n) is 17.0. The fourth-order valence-electron chi connectivity index (χ4n) is 4.69. The lowest BCUT2D eigenvalue weighted by Gasteiger charge is -2.21. The van der Waals surface area contributed by atoms with Gasteiger partial charge in [-0.25, -0.2) is 0 Å². The molecule has 1 N–H and O–H groups in total. The maximum Gasteiger partial charge on any atom is 0.251 e. The van der Waals surface area contributed by atoms with Crippen molar-refractivity contribution in [1.29, 1.82) is 0 Å². The number of unbranched alkanes of at least 4 members (excludes halogenated alkanes) is 2. The number of aromatic nitrogens is 1. The highest BCUT2D eigenvalue weighted by Gasteiger charge is 2.16. The second-order valence-electron chi connectivity index (χ2n) is 8.32. The van der Waals surface area contributed by atoms with E-state index in [4.69, 9.17) is 0 Å². The van der Waals surface area contributed by atoms with Crippen molar-refractivity contribution < 1.29 is 4.79 Å². The molecular weight excluding hydrogens is 344 g/mol. The average Bonchev–Trinajstić information content (AvgIpc) is 3.06. The summed E-state index contributed by atoms with van der Waals surface area (Å²) in [5.41, 5.74) is 3.29. The fraction of sp³-hybridized carbons (Fsp3) is 0.480. The Bertz CT molecular complexity index is 950. The zero-order chi connectivity index (χ0) is 19.3. The number of carbonyl (C=O) groups is 1. The van der Waals surface area contributed by atoms with E-state index in [1.165, 1.54) is 73.2 Å². The minimum Gasteiger partial charge on any atom is -0.352 e. The van der Waals surface area contributed by atoms with Crippen LogP contribution in [0.1, 0.15) is 68.6 Å². The summed E-state index contributed by atoms with van der Waals surface area (Å²) in [5.74, 6) is 0.720. The van der Waals surface area contributed by atoms with Crippen LogP contribution in [0, 0.1) is 5.92 Å². The lowest BCUT2D eigenvalue weighted by Crippen LogP contribution is -2.30. The third kappa shape index (κ3) is 3.94. The van der Waals surface area contributed by atoms with Gasteiger partial charge in [0.15, 0.2) is 0 Å². The van der Waals surface area contributed by atoms with Crippen molar-refractivity contribution >= 4 is 27.7 Å². The van der Waals surface area contributed by atoms with Crippen molar-refractivity contribution in [2.24, 2.45) is 5.92 Å². The van der Waals surface area contributed by atoms with Crippen molar-refractivity contribution in [3.63, 3.8) is 0 Å². The topological polar surface area (TPSA) is 34.0 Å². The van der Waals surface area contributed by atoms with Crippen molar-refractivity contribution in [2.45, 2.75) is 64.8 Å². The minimum atomic E-state index is 0.0651. The van der Waals surface area contributed by atoms with Gasteiger partial charge in [0, 0.05) is 40.5 Å². The van der Waals surface area contributed by atoms with Gasteiger partial charge in [-0.3, -0.25) is 4.79 Å². The maximum atomic E-state index is 12.8. The number of benzene rings is 2. The number of carbonyl (C=O) groups excluding carboxylic acids is 1. The Morgan fingerprint density at radius 2 is 1.79 bits per heavy atom. The van der Waals surface area contributed by atoms with Crippen molar-refractivity contribution in [1.82, 2.24) is 9.88 Å². The van der Waals surface area contributed by atoms with Gasteiger partial charge in [-0.1, -0.05) is 57.2 Å². The van der Waals surface area contributed by atoms with Crippen LogP contribution in [-0.2, 0) is 6.54 Å². The second-order valence-corrected chi connectivity index (χ2v) is 8.32. The van der Waals surface area contributed by atoms with E-state index in [0.717, 1.165) is 18.7 Å². The highest BCUT2D eigenvalue weighted by Crippen LogP contribution is 2.30. The van der Waals surface area contributed by atoms with E-state index in [1.807, 2.05) is 6.07 Å². The lowest BCUT2D eigenvalue weighted by atomic mass is 9.89. The van der Waals surface area contributed by atoms with Crippen LogP contribution < -0.4 is 5.32 Å². The summed E-state index contributed by atoms with van der Waals surface area (Å²) in [6.45, 7) is 4.09. The highest BCUT2D eigenvalue weighted by atomic mass is 16.1. The molecular formula is C25H32N2O. The molecule has 3 nitrogen and oxygen atoms in total. The van der Waals surface area contributed by atoms with Crippen molar-refractivity contribution in [3.05, 3.63) is 48.0 Å². The number of para-hydroxylation sites is 1. The Morgan fingerprint density at radius 1 is 1.00 bits per heavy atom. The molecule has 1 aromatic heterocycles. The quantitative estimate of drug-likeness (QED) is 0.483. The van der Waals surface area contributed by atoms with Gasteiger partial charge in [0.25, 0.3) is 5.91 Å². The summed E-state index contributed by atoms with van der Waals surface area (Å²) in [4.78, 5) is 12.8. The van der Waals surface area contributed by atoms with E-state index in [2.05, 4.69) is 53.2 Å². The van der Waals surface area contributed by atoms with Crippen LogP contribution in [0.5, 0.6) is 0 Å². The Morgan fingerprint density at radius 3 is 2.61 bits per heavy atom. The van der Waals surface area contributed by atoms with E-state index in [1.54, 1.807) is 0 Å². The molecule has 3 aromatic rings. The number of rotatable bonds is 7. The van der Waals surface area contributed by atoms with Crippen molar-refractivity contribution in [2.75, 3.05) is 6.54 Å². The lowest BCUT2D eigenvalue weighted by molar-refractivity contribution is 0.0943. The Hall–Kier alpha value is -2.29. The number of nitrogens with one attached hydrogen (secondary N) is 1. The standard InChI is InChI=1S/C25H32N2O/c1-2-3-9-16-27-23-13-8-7-12-21(23)22-17-20(14-15-24(22)27)25(28)26-18-19-10-5-4-6-11-19/h7-8,12-15,17,19H,2-6,9-11,16,18H2,1H3,(H,26,28). The third-order valence-electron chi connectivity index (χ3n) is 6.30. The summed E-state index contributed by atoms with van der Waals surface area (Å²) < 4.78 is 2.42. The van der Waals surface area contributed by atoms with Crippen LogP contribution in [0.15, 0.2) is 42.5 Å². The van der Waals surface area contributed by atoms with E-state index < -0.39 is 0 Å². The predicted octanol–water partition coefficient (Wildman–Crippen LogP) is 6.29.